The predicted molar refractivity (Wildman–Crippen MR) is 117 cm³/mol. The van der Waals surface area contributed by atoms with Crippen molar-refractivity contribution in [1.29, 1.82) is 0 Å². The maximum absolute atomic E-state index is 12.6. The van der Waals surface area contributed by atoms with Gasteiger partial charge in [0.1, 0.15) is 11.6 Å². The number of nitrogens with zero attached hydrogens (tertiary/aromatic N) is 4. The summed E-state index contributed by atoms with van der Waals surface area (Å²) >= 11 is 0. The Morgan fingerprint density at radius 3 is 2.81 bits per heavy atom. The van der Waals surface area contributed by atoms with Gasteiger partial charge in [0.05, 0.1) is 13.7 Å². The molecule has 3 heterocycles. The monoisotopic (exact) mass is 417 g/mol. The second-order valence-electron chi connectivity index (χ2n) is 7.77. The van der Waals surface area contributed by atoms with Gasteiger partial charge in [0.25, 0.3) is 11.8 Å². The molecule has 5 rings (SSSR count). The topological polar surface area (TPSA) is 79.7 Å². The highest BCUT2D eigenvalue weighted by Gasteiger charge is 2.26. The van der Waals surface area contributed by atoms with Crippen LogP contribution in [0, 0.1) is 0 Å². The Hall–Kier alpha value is -3.81. The van der Waals surface area contributed by atoms with Crippen LogP contribution in [0.15, 0.2) is 48.5 Å². The molecule has 0 spiro atoms. The van der Waals surface area contributed by atoms with Crippen LogP contribution in [0.25, 0.3) is 0 Å². The standard InChI is InChI=1S/C23H23N5O3/c1-26-9-8-15-12-17(6-7-19(15)23(26)30)27-10-11-28-21(27)14-20(25-28)24-22(29)16-4-3-5-18(13-16)31-2/h3-7,12-14H,8-11H2,1-2H3,(H,24,25,29). The summed E-state index contributed by atoms with van der Waals surface area (Å²) in [5.41, 5.74) is 3.38. The quantitative estimate of drug-likeness (QED) is 0.706. The number of anilines is 3. The SMILES string of the molecule is COc1cccc(C(=O)Nc2cc3n(n2)CCN3c2ccc3c(c2)CCN(C)C3=O)c1. The van der Waals surface area contributed by atoms with Crippen molar-refractivity contribution in [3.05, 3.63) is 65.2 Å². The maximum Gasteiger partial charge on any atom is 0.256 e. The summed E-state index contributed by atoms with van der Waals surface area (Å²) < 4.78 is 7.08. The van der Waals surface area contributed by atoms with Crippen molar-refractivity contribution in [3.63, 3.8) is 0 Å². The van der Waals surface area contributed by atoms with Gasteiger partial charge in [-0.2, -0.15) is 5.10 Å². The number of amides is 2. The number of likely N-dealkylation sites (N-methyl/N-ethyl adjacent to an activating group) is 1. The van der Waals surface area contributed by atoms with Crippen LogP contribution in [0.4, 0.5) is 17.3 Å². The average molecular weight is 417 g/mol. The van der Waals surface area contributed by atoms with Crippen LogP contribution in [0.1, 0.15) is 26.3 Å². The Bertz CT molecular complexity index is 1190. The zero-order chi connectivity index (χ0) is 21.5. The molecule has 2 aliphatic rings. The van der Waals surface area contributed by atoms with Crippen molar-refractivity contribution < 1.29 is 14.3 Å². The van der Waals surface area contributed by atoms with E-state index < -0.39 is 0 Å². The van der Waals surface area contributed by atoms with Gasteiger partial charge in [-0.3, -0.25) is 9.59 Å². The number of carbonyl (C=O) groups excluding carboxylic acids is 2. The lowest BCUT2D eigenvalue weighted by atomic mass is 9.98. The van der Waals surface area contributed by atoms with Crippen LogP contribution in [0.2, 0.25) is 0 Å². The third-order valence-electron chi connectivity index (χ3n) is 5.84. The van der Waals surface area contributed by atoms with Gasteiger partial charge in [-0.1, -0.05) is 6.07 Å². The molecule has 31 heavy (non-hydrogen) atoms. The molecule has 3 aromatic rings. The molecule has 2 amide bonds. The first-order valence-electron chi connectivity index (χ1n) is 10.2. The zero-order valence-corrected chi connectivity index (χ0v) is 17.5. The van der Waals surface area contributed by atoms with Gasteiger partial charge in [0.2, 0.25) is 0 Å². The second kappa shape index (κ2) is 7.46. The van der Waals surface area contributed by atoms with E-state index in [-0.39, 0.29) is 11.8 Å². The first-order chi connectivity index (χ1) is 15.0. The summed E-state index contributed by atoms with van der Waals surface area (Å²) in [5.74, 6) is 1.88. The maximum atomic E-state index is 12.6. The smallest absolute Gasteiger partial charge is 0.256 e. The van der Waals surface area contributed by atoms with Gasteiger partial charge in [-0.05, 0) is 48.4 Å². The van der Waals surface area contributed by atoms with Crippen molar-refractivity contribution in [2.45, 2.75) is 13.0 Å². The highest BCUT2D eigenvalue weighted by atomic mass is 16.5. The molecule has 0 radical (unpaired) electrons. The average Bonchev–Trinajstić information content (AvgIpc) is 3.36. The summed E-state index contributed by atoms with van der Waals surface area (Å²) in [4.78, 5) is 28.9. The summed E-state index contributed by atoms with van der Waals surface area (Å²) in [7, 11) is 3.40. The van der Waals surface area contributed by atoms with E-state index >= 15 is 0 Å². The van der Waals surface area contributed by atoms with Crippen molar-refractivity contribution in [2.75, 3.05) is 37.5 Å². The number of methoxy groups -OCH3 is 1. The normalized spacial score (nSPS) is 15.0. The number of carbonyl (C=O) groups is 2. The number of fused-ring (bicyclic) bond motifs is 2. The Labute approximate surface area is 180 Å². The molecule has 1 N–H and O–H groups in total. The summed E-state index contributed by atoms with van der Waals surface area (Å²) in [6, 6.07) is 14.9. The zero-order valence-electron chi connectivity index (χ0n) is 17.5. The number of aromatic nitrogens is 2. The van der Waals surface area contributed by atoms with Gasteiger partial charge < -0.3 is 19.9 Å². The van der Waals surface area contributed by atoms with Crippen LogP contribution in [-0.4, -0.2) is 53.7 Å². The summed E-state index contributed by atoms with van der Waals surface area (Å²) in [5, 5.41) is 7.40. The fourth-order valence-electron chi connectivity index (χ4n) is 4.13. The Kier molecular flexibility index (Phi) is 4.62. The molecule has 0 fully saturated rings. The minimum absolute atomic E-state index is 0.0711. The number of nitrogens with one attached hydrogen (secondary N) is 1. The van der Waals surface area contributed by atoms with E-state index in [4.69, 9.17) is 4.74 Å². The molecular formula is C23H23N5O3. The van der Waals surface area contributed by atoms with Crippen LogP contribution < -0.4 is 15.0 Å². The molecule has 0 aliphatic carbocycles. The molecular weight excluding hydrogens is 394 g/mol. The first-order valence-corrected chi connectivity index (χ1v) is 10.2. The number of rotatable bonds is 4. The molecule has 0 saturated carbocycles. The Balaban J connectivity index is 1.37. The van der Waals surface area contributed by atoms with E-state index in [1.165, 1.54) is 0 Å². The summed E-state index contributed by atoms with van der Waals surface area (Å²) in [6.45, 7) is 2.25. The van der Waals surface area contributed by atoms with Crippen LogP contribution in [0.5, 0.6) is 5.75 Å². The lowest BCUT2D eigenvalue weighted by Gasteiger charge is -2.26. The molecule has 2 aliphatic heterocycles. The third kappa shape index (κ3) is 3.39. The number of hydrogen-bond acceptors (Lipinski definition) is 5. The van der Waals surface area contributed by atoms with Crippen molar-refractivity contribution >= 4 is 29.1 Å². The molecule has 0 atom stereocenters. The van der Waals surface area contributed by atoms with E-state index in [1.54, 1.807) is 36.3 Å². The minimum atomic E-state index is -0.237. The first kappa shape index (κ1) is 19.2. The van der Waals surface area contributed by atoms with Crippen LogP contribution in [0.3, 0.4) is 0 Å². The van der Waals surface area contributed by atoms with E-state index in [1.807, 2.05) is 29.9 Å². The number of hydrogen-bond donors (Lipinski definition) is 1. The van der Waals surface area contributed by atoms with Gasteiger partial charge in [-0.15, -0.1) is 0 Å². The fraction of sp³-hybridized carbons (Fsp3) is 0.261. The molecule has 8 nitrogen and oxygen atoms in total. The van der Waals surface area contributed by atoms with Crippen LogP contribution in [-0.2, 0) is 13.0 Å². The van der Waals surface area contributed by atoms with Crippen molar-refractivity contribution in [2.24, 2.45) is 0 Å². The molecule has 158 valence electrons. The third-order valence-corrected chi connectivity index (χ3v) is 5.84. The van der Waals surface area contributed by atoms with Gasteiger partial charge in [0, 0.05) is 43.0 Å². The molecule has 8 heteroatoms. The van der Waals surface area contributed by atoms with Crippen molar-refractivity contribution in [3.8, 4) is 5.75 Å². The van der Waals surface area contributed by atoms with E-state index in [9.17, 15) is 9.59 Å². The second-order valence-corrected chi connectivity index (χ2v) is 7.77. The number of ether oxygens (including phenoxy) is 1. The Morgan fingerprint density at radius 1 is 1.10 bits per heavy atom. The van der Waals surface area contributed by atoms with Gasteiger partial charge in [-0.25, -0.2) is 4.68 Å². The van der Waals surface area contributed by atoms with Gasteiger partial charge >= 0.3 is 0 Å². The molecule has 0 unspecified atom stereocenters. The highest BCUT2D eigenvalue weighted by Crippen LogP contribution is 2.34. The summed E-state index contributed by atoms with van der Waals surface area (Å²) in [6.07, 6.45) is 0.848. The van der Waals surface area contributed by atoms with E-state index in [2.05, 4.69) is 21.4 Å². The lowest BCUT2D eigenvalue weighted by Crippen LogP contribution is -2.34. The van der Waals surface area contributed by atoms with Crippen LogP contribution >= 0.6 is 0 Å². The van der Waals surface area contributed by atoms with Gasteiger partial charge in [0.15, 0.2) is 5.82 Å². The van der Waals surface area contributed by atoms with E-state index in [0.29, 0.717) is 17.1 Å². The molecule has 0 saturated heterocycles. The Morgan fingerprint density at radius 2 is 1.97 bits per heavy atom. The largest absolute Gasteiger partial charge is 0.497 e. The van der Waals surface area contributed by atoms with E-state index in [0.717, 1.165) is 48.7 Å². The molecule has 2 aromatic carbocycles. The fourth-order valence-corrected chi connectivity index (χ4v) is 4.13. The van der Waals surface area contributed by atoms with Crippen molar-refractivity contribution in [1.82, 2.24) is 14.7 Å². The molecule has 0 bridgehead atoms. The number of benzene rings is 2. The predicted octanol–water partition coefficient (Wildman–Crippen LogP) is 2.92. The molecule has 1 aromatic heterocycles. The highest BCUT2D eigenvalue weighted by molar-refractivity contribution is 6.04. The lowest BCUT2D eigenvalue weighted by molar-refractivity contribution is 0.0780. The minimum Gasteiger partial charge on any atom is -0.497 e.